The second kappa shape index (κ2) is 5.71. The third kappa shape index (κ3) is 3.65. The molecule has 88 valence electrons. The van der Waals surface area contributed by atoms with Gasteiger partial charge in [0.05, 0.1) is 11.6 Å². The predicted molar refractivity (Wildman–Crippen MR) is 62.9 cm³/mol. The van der Waals surface area contributed by atoms with Crippen molar-refractivity contribution < 1.29 is 14.6 Å². The fraction of sp³-hybridized carbons (Fsp3) is 0.231. The van der Waals surface area contributed by atoms with Crippen LogP contribution in [0.2, 0.25) is 0 Å². The lowest BCUT2D eigenvalue weighted by atomic mass is 10.1. The molecule has 1 aromatic carbocycles. The standard InChI is InChI=1S/C13H13NO3/c1-9-6-11(8-14)7-10(2)13(9)17-5-3-4-12(15)16/h3-4,6-7H,5H2,1-2H3,(H,15,16). The number of carboxylic acid groups (broad SMARTS) is 1. The molecule has 0 spiro atoms. The van der Waals surface area contributed by atoms with Gasteiger partial charge in [0.25, 0.3) is 0 Å². The zero-order valence-electron chi connectivity index (χ0n) is 9.73. The lowest BCUT2D eigenvalue weighted by Gasteiger charge is -2.10. The molecule has 0 unspecified atom stereocenters. The highest BCUT2D eigenvalue weighted by molar-refractivity contribution is 5.79. The molecular formula is C13H13NO3. The van der Waals surface area contributed by atoms with E-state index in [9.17, 15) is 4.79 Å². The van der Waals surface area contributed by atoms with Crippen molar-refractivity contribution in [1.29, 1.82) is 5.26 Å². The number of nitrogens with zero attached hydrogens (tertiary/aromatic N) is 1. The Bertz CT molecular complexity index is 475. The monoisotopic (exact) mass is 231 g/mol. The van der Waals surface area contributed by atoms with Gasteiger partial charge in [0, 0.05) is 6.08 Å². The molecular weight excluding hydrogens is 218 g/mol. The highest BCUT2D eigenvalue weighted by Gasteiger charge is 2.05. The molecule has 1 N–H and O–H groups in total. The van der Waals surface area contributed by atoms with Gasteiger partial charge < -0.3 is 9.84 Å². The normalized spacial score (nSPS) is 10.2. The average molecular weight is 231 g/mol. The maximum absolute atomic E-state index is 10.2. The predicted octanol–water partition coefficient (Wildman–Crippen LogP) is 2.19. The van der Waals surface area contributed by atoms with E-state index in [0.29, 0.717) is 11.3 Å². The van der Waals surface area contributed by atoms with Crippen LogP contribution in [0.3, 0.4) is 0 Å². The van der Waals surface area contributed by atoms with E-state index in [0.717, 1.165) is 17.2 Å². The molecule has 0 aromatic heterocycles. The maximum atomic E-state index is 10.2. The van der Waals surface area contributed by atoms with Gasteiger partial charge in [0.1, 0.15) is 12.4 Å². The molecule has 0 heterocycles. The molecule has 4 nitrogen and oxygen atoms in total. The summed E-state index contributed by atoms with van der Waals surface area (Å²) in [6, 6.07) is 5.55. The summed E-state index contributed by atoms with van der Waals surface area (Å²) in [6.45, 7) is 3.90. The molecule has 0 fully saturated rings. The first kappa shape index (κ1) is 12.8. The van der Waals surface area contributed by atoms with Crippen molar-refractivity contribution in [2.75, 3.05) is 6.61 Å². The van der Waals surface area contributed by atoms with Crippen LogP contribution < -0.4 is 4.74 Å². The van der Waals surface area contributed by atoms with Crippen LogP contribution >= 0.6 is 0 Å². The molecule has 17 heavy (non-hydrogen) atoms. The molecule has 0 saturated heterocycles. The van der Waals surface area contributed by atoms with E-state index in [1.807, 2.05) is 13.8 Å². The van der Waals surface area contributed by atoms with Crippen LogP contribution in [0.5, 0.6) is 5.75 Å². The van der Waals surface area contributed by atoms with Gasteiger partial charge in [-0.2, -0.15) is 5.26 Å². The van der Waals surface area contributed by atoms with E-state index >= 15 is 0 Å². The summed E-state index contributed by atoms with van der Waals surface area (Å²) in [4.78, 5) is 10.2. The summed E-state index contributed by atoms with van der Waals surface area (Å²) in [7, 11) is 0. The van der Waals surface area contributed by atoms with E-state index in [1.54, 1.807) is 12.1 Å². The molecule has 0 aliphatic heterocycles. The van der Waals surface area contributed by atoms with Crippen molar-refractivity contribution in [3.8, 4) is 11.8 Å². The van der Waals surface area contributed by atoms with Crippen LogP contribution in [0.1, 0.15) is 16.7 Å². The molecule has 0 bridgehead atoms. The Kier molecular flexibility index (Phi) is 4.29. The number of ether oxygens (including phenoxy) is 1. The minimum absolute atomic E-state index is 0.194. The largest absolute Gasteiger partial charge is 0.489 e. The SMILES string of the molecule is Cc1cc(C#N)cc(C)c1OCC=CC(=O)O. The molecule has 1 rings (SSSR count). The topological polar surface area (TPSA) is 70.3 Å². The smallest absolute Gasteiger partial charge is 0.328 e. The summed E-state index contributed by atoms with van der Waals surface area (Å²) in [5.74, 6) is -0.305. The minimum Gasteiger partial charge on any atom is -0.489 e. The van der Waals surface area contributed by atoms with Crippen LogP contribution in [0, 0.1) is 25.2 Å². The second-order valence-corrected chi connectivity index (χ2v) is 3.60. The summed E-state index contributed by atoms with van der Waals surface area (Å²) in [6.07, 6.45) is 2.47. The summed E-state index contributed by atoms with van der Waals surface area (Å²) < 4.78 is 5.46. The molecule has 0 aliphatic rings. The second-order valence-electron chi connectivity index (χ2n) is 3.60. The molecule has 0 saturated carbocycles. The maximum Gasteiger partial charge on any atom is 0.328 e. The van der Waals surface area contributed by atoms with E-state index in [4.69, 9.17) is 15.1 Å². The van der Waals surface area contributed by atoms with Gasteiger partial charge >= 0.3 is 5.97 Å². The Balaban J connectivity index is 2.79. The van der Waals surface area contributed by atoms with Crippen molar-refractivity contribution in [3.63, 3.8) is 0 Å². The number of carbonyl (C=O) groups is 1. The van der Waals surface area contributed by atoms with Crippen LogP contribution in [0.25, 0.3) is 0 Å². The third-order valence-electron chi connectivity index (χ3n) is 2.17. The van der Waals surface area contributed by atoms with Gasteiger partial charge in [0.2, 0.25) is 0 Å². The fourth-order valence-corrected chi connectivity index (χ4v) is 1.52. The molecule has 1 aromatic rings. The summed E-state index contributed by atoms with van der Waals surface area (Å²) >= 11 is 0. The zero-order chi connectivity index (χ0) is 12.8. The van der Waals surface area contributed by atoms with Gasteiger partial charge in [-0.05, 0) is 43.2 Å². The Hall–Kier alpha value is -2.28. The number of aliphatic carboxylic acids is 1. The van der Waals surface area contributed by atoms with Gasteiger partial charge in [-0.3, -0.25) is 0 Å². The van der Waals surface area contributed by atoms with Gasteiger partial charge in [-0.1, -0.05) is 0 Å². The number of hydrogen-bond acceptors (Lipinski definition) is 3. The first-order valence-corrected chi connectivity index (χ1v) is 5.08. The van der Waals surface area contributed by atoms with E-state index < -0.39 is 5.97 Å². The Labute approximate surface area is 99.8 Å². The number of carboxylic acids is 1. The first-order valence-electron chi connectivity index (χ1n) is 5.08. The Morgan fingerprint density at radius 2 is 2.06 bits per heavy atom. The number of aryl methyl sites for hydroxylation is 2. The van der Waals surface area contributed by atoms with Gasteiger partial charge in [-0.15, -0.1) is 0 Å². The number of nitriles is 1. The van der Waals surface area contributed by atoms with Crippen molar-refractivity contribution in [2.45, 2.75) is 13.8 Å². The Morgan fingerprint density at radius 1 is 1.47 bits per heavy atom. The van der Waals surface area contributed by atoms with E-state index in [2.05, 4.69) is 6.07 Å². The van der Waals surface area contributed by atoms with E-state index in [1.165, 1.54) is 6.08 Å². The number of benzene rings is 1. The average Bonchev–Trinajstić information content (AvgIpc) is 2.26. The van der Waals surface area contributed by atoms with Crippen LogP contribution in [-0.4, -0.2) is 17.7 Å². The summed E-state index contributed by atoms with van der Waals surface area (Å²) in [5, 5.41) is 17.2. The quantitative estimate of drug-likeness (QED) is 0.806. The van der Waals surface area contributed by atoms with Crippen LogP contribution in [0.4, 0.5) is 0 Å². The van der Waals surface area contributed by atoms with Crippen molar-refractivity contribution in [2.24, 2.45) is 0 Å². The van der Waals surface area contributed by atoms with Crippen molar-refractivity contribution in [1.82, 2.24) is 0 Å². The van der Waals surface area contributed by atoms with Gasteiger partial charge in [0.15, 0.2) is 0 Å². The number of rotatable bonds is 4. The Morgan fingerprint density at radius 3 is 2.53 bits per heavy atom. The minimum atomic E-state index is -0.998. The molecule has 0 atom stereocenters. The van der Waals surface area contributed by atoms with E-state index in [-0.39, 0.29) is 6.61 Å². The van der Waals surface area contributed by atoms with Gasteiger partial charge in [-0.25, -0.2) is 4.79 Å². The zero-order valence-corrected chi connectivity index (χ0v) is 9.73. The molecule has 0 radical (unpaired) electrons. The van der Waals surface area contributed by atoms with Crippen LogP contribution in [0.15, 0.2) is 24.3 Å². The third-order valence-corrected chi connectivity index (χ3v) is 2.17. The summed E-state index contributed by atoms with van der Waals surface area (Å²) in [5.41, 5.74) is 2.32. The lowest BCUT2D eigenvalue weighted by molar-refractivity contribution is -0.131. The lowest BCUT2D eigenvalue weighted by Crippen LogP contribution is -1.99. The molecule has 4 heteroatoms. The van der Waals surface area contributed by atoms with Crippen molar-refractivity contribution in [3.05, 3.63) is 41.0 Å². The highest BCUT2D eigenvalue weighted by Crippen LogP contribution is 2.24. The molecule has 0 amide bonds. The molecule has 0 aliphatic carbocycles. The van der Waals surface area contributed by atoms with Crippen LogP contribution in [-0.2, 0) is 4.79 Å². The fourth-order valence-electron chi connectivity index (χ4n) is 1.52. The van der Waals surface area contributed by atoms with Crippen molar-refractivity contribution >= 4 is 5.97 Å². The number of hydrogen-bond donors (Lipinski definition) is 1. The first-order chi connectivity index (χ1) is 8.04. The highest BCUT2D eigenvalue weighted by atomic mass is 16.5.